The molecule has 142 valence electrons. The minimum Gasteiger partial charge on any atom is -0.423 e. The molecule has 0 spiro atoms. The van der Waals surface area contributed by atoms with E-state index in [-0.39, 0.29) is 5.91 Å². The van der Waals surface area contributed by atoms with Gasteiger partial charge >= 0.3 is 6.01 Å². The van der Waals surface area contributed by atoms with Gasteiger partial charge in [-0.3, -0.25) is 10.1 Å². The van der Waals surface area contributed by atoms with Crippen molar-refractivity contribution in [3.8, 4) is 5.69 Å². The van der Waals surface area contributed by atoms with Crippen LogP contribution in [0, 0.1) is 0 Å². The second kappa shape index (κ2) is 7.56. The minimum atomic E-state index is -0.0919. The van der Waals surface area contributed by atoms with Gasteiger partial charge in [0.1, 0.15) is 11.1 Å². The number of carbonyl (C=O) groups is 1. The lowest BCUT2D eigenvalue weighted by atomic mass is 10.2. The van der Waals surface area contributed by atoms with Gasteiger partial charge in [-0.15, -0.1) is 0 Å². The third-order valence-corrected chi connectivity index (χ3v) is 4.57. The number of hydrogen-bond acceptors (Lipinski definition) is 5. The summed E-state index contributed by atoms with van der Waals surface area (Å²) in [5, 5.41) is 7.61. The van der Waals surface area contributed by atoms with E-state index in [0.717, 1.165) is 11.2 Å². The van der Waals surface area contributed by atoms with Crippen LogP contribution in [0.4, 0.5) is 11.8 Å². The SMILES string of the molecule is CCN(CC)C(=O)c1cnn(-c2ccccc2)c1Nc1nc2ccccc2o1. The van der Waals surface area contributed by atoms with Gasteiger partial charge in [0, 0.05) is 13.1 Å². The molecule has 0 aliphatic carbocycles. The fourth-order valence-corrected chi connectivity index (χ4v) is 3.10. The Bertz CT molecular complexity index is 1060. The Kier molecular flexibility index (Phi) is 4.80. The molecule has 0 saturated heterocycles. The molecule has 28 heavy (non-hydrogen) atoms. The van der Waals surface area contributed by atoms with E-state index in [1.807, 2.05) is 68.4 Å². The molecule has 0 fully saturated rings. The van der Waals surface area contributed by atoms with Gasteiger partial charge in [-0.05, 0) is 38.1 Å². The van der Waals surface area contributed by atoms with E-state index in [4.69, 9.17) is 4.42 Å². The Hall–Kier alpha value is -3.61. The Balaban J connectivity index is 1.79. The zero-order valence-corrected chi connectivity index (χ0v) is 15.8. The lowest BCUT2D eigenvalue weighted by molar-refractivity contribution is 0.0774. The van der Waals surface area contributed by atoms with Crippen molar-refractivity contribution in [3.63, 3.8) is 0 Å². The largest absolute Gasteiger partial charge is 0.423 e. The van der Waals surface area contributed by atoms with Gasteiger partial charge in [-0.25, -0.2) is 4.68 Å². The number of nitrogens with zero attached hydrogens (tertiary/aromatic N) is 4. The van der Waals surface area contributed by atoms with Gasteiger partial charge in [0.05, 0.1) is 11.9 Å². The molecule has 0 saturated carbocycles. The number of carbonyl (C=O) groups excluding carboxylic acids is 1. The summed E-state index contributed by atoms with van der Waals surface area (Å²) >= 11 is 0. The fourth-order valence-electron chi connectivity index (χ4n) is 3.10. The zero-order chi connectivity index (χ0) is 19.5. The number of anilines is 2. The van der Waals surface area contributed by atoms with Crippen molar-refractivity contribution in [3.05, 3.63) is 66.4 Å². The van der Waals surface area contributed by atoms with Gasteiger partial charge in [0.15, 0.2) is 11.4 Å². The molecule has 7 heteroatoms. The molecule has 4 aromatic rings. The lowest BCUT2D eigenvalue weighted by Crippen LogP contribution is -2.30. The first-order chi connectivity index (χ1) is 13.7. The maximum atomic E-state index is 13.0. The number of rotatable bonds is 6. The zero-order valence-electron chi connectivity index (χ0n) is 15.8. The summed E-state index contributed by atoms with van der Waals surface area (Å²) in [5.74, 6) is 0.431. The molecule has 1 amide bonds. The topological polar surface area (TPSA) is 76.2 Å². The standard InChI is InChI=1S/C21H21N5O2/c1-3-25(4-2)20(27)16-14-22-26(15-10-6-5-7-11-15)19(16)24-21-23-17-12-8-9-13-18(17)28-21/h5-14H,3-4H2,1-2H3,(H,23,24). The first kappa shape index (κ1) is 17.8. The molecule has 0 atom stereocenters. The lowest BCUT2D eigenvalue weighted by Gasteiger charge is -2.18. The van der Waals surface area contributed by atoms with Crippen LogP contribution < -0.4 is 5.32 Å². The maximum absolute atomic E-state index is 13.0. The van der Waals surface area contributed by atoms with Crippen molar-refractivity contribution in [2.45, 2.75) is 13.8 Å². The van der Waals surface area contributed by atoms with Crippen molar-refractivity contribution in [1.82, 2.24) is 19.7 Å². The average Bonchev–Trinajstić information content (AvgIpc) is 3.33. The highest BCUT2D eigenvalue weighted by Crippen LogP contribution is 2.27. The second-order valence-electron chi connectivity index (χ2n) is 6.24. The van der Waals surface area contributed by atoms with Crippen molar-refractivity contribution in [2.24, 2.45) is 0 Å². The highest BCUT2D eigenvalue weighted by atomic mass is 16.4. The first-order valence-electron chi connectivity index (χ1n) is 9.26. The molecule has 0 aliphatic heterocycles. The van der Waals surface area contributed by atoms with E-state index in [1.165, 1.54) is 0 Å². The minimum absolute atomic E-state index is 0.0919. The Morgan fingerprint density at radius 2 is 1.79 bits per heavy atom. The van der Waals surface area contributed by atoms with Crippen LogP contribution in [0.3, 0.4) is 0 Å². The molecule has 0 radical (unpaired) electrons. The number of amides is 1. The van der Waals surface area contributed by atoms with Crippen LogP contribution in [0.15, 0.2) is 65.2 Å². The van der Waals surface area contributed by atoms with Gasteiger partial charge in [-0.2, -0.15) is 10.1 Å². The molecule has 7 nitrogen and oxygen atoms in total. The van der Waals surface area contributed by atoms with Gasteiger partial charge in [0.2, 0.25) is 0 Å². The Morgan fingerprint density at radius 1 is 1.07 bits per heavy atom. The molecule has 1 N–H and O–H groups in total. The molecule has 2 aromatic carbocycles. The summed E-state index contributed by atoms with van der Waals surface area (Å²) in [7, 11) is 0. The van der Waals surface area contributed by atoms with Crippen LogP contribution in [-0.2, 0) is 0 Å². The maximum Gasteiger partial charge on any atom is 0.301 e. The number of para-hydroxylation sites is 3. The normalized spacial score (nSPS) is 10.9. The summed E-state index contributed by atoms with van der Waals surface area (Å²) < 4.78 is 7.48. The molecular formula is C21H21N5O2. The van der Waals surface area contributed by atoms with Crippen molar-refractivity contribution in [2.75, 3.05) is 18.4 Å². The number of fused-ring (bicyclic) bond motifs is 1. The number of aromatic nitrogens is 3. The smallest absolute Gasteiger partial charge is 0.301 e. The molecular weight excluding hydrogens is 354 g/mol. The summed E-state index contributed by atoms with van der Waals surface area (Å²) in [5.41, 5.74) is 2.72. The summed E-state index contributed by atoms with van der Waals surface area (Å²) in [6.07, 6.45) is 1.58. The molecule has 0 aliphatic rings. The fraction of sp³-hybridized carbons (Fsp3) is 0.190. The van der Waals surface area contributed by atoms with Crippen LogP contribution in [-0.4, -0.2) is 38.7 Å². The van der Waals surface area contributed by atoms with Crippen molar-refractivity contribution >= 4 is 28.8 Å². The van der Waals surface area contributed by atoms with Crippen LogP contribution >= 0.6 is 0 Å². The number of benzene rings is 2. The van der Waals surface area contributed by atoms with Crippen LogP contribution in [0.5, 0.6) is 0 Å². The van der Waals surface area contributed by atoms with Crippen LogP contribution in [0.1, 0.15) is 24.2 Å². The number of oxazole rings is 1. The van der Waals surface area contributed by atoms with Gasteiger partial charge < -0.3 is 9.32 Å². The molecule has 2 heterocycles. The predicted molar refractivity (Wildman–Crippen MR) is 108 cm³/mol. The third kappa shape index (κ3) is 3.22. The predicted octanol–water partition coefficient (Wildman–Crippen LogP) is 4.24. The summed E-state index contributed by atoms with van der Waals surface area (Å²) in [6.45, 7) is 5.15. The van der Waals surface area contributed by atoms with E-state index in [2.05, 4.69) is 15.4 Å². The molecule has 2 aromatic heterocycles. The number of nitrogens with one attached hydrogen (secondary N) is 1. The number of hydrogen-bond donors (Lipinski definition) is 1. The Morgan fingerprint density at radius 3 is 2.50 bits per heavy atom. The van der Waals surface area contributed by atoms with Crippen molar-refractivity contribution < 1.29 is 9.21 Å². The van der Waals surface area contributed by atoms with Gasteiger partial charge in [0.25, 0.3) is 5.91 Å². The quantitative estimate of drug-likeness (QED) is 0.545. The Labute approximate surface area is 162 Å². The van der Waals surface area contributed by atoms with E-state index in [1.54, 1.807) is 15.8 Å². The monoisotopic (exact) mass is 375 g/mol. The van der Waals surface area contributed by atoms with Crippen molar-refractivity contribution in [1.29, 1.82) is 0 Å². The summed E-state index contributed by atoms with van der Waals surface area (Å²) in [6, 6.07) is 17.5. The van der Waals surface area contributed by atoms with E-state index >= 15 is 0 Å². The average molecular weight is 375 g/mol. The molecule has 0 bridgehead atoms. The highest BCUT2D eigenvalue weighted by molar-refractivity contribution is 5.99. The highest BCUT2D eigenvalue weighted by Gasteiger charge is 2.23. The summed E-state index contributed by atoms with van der Waals surface area (Å²) in [4.78, 5) is 19.2. The van der Waals surface area contributed by atoms with E-state index < -0.39 is 0 Å². The van der Waals surface area contributed by atoms with Gasteiger partial charge in [-0.1, -0.05) is 30.3 Å². The molecule has 4 rings (SSSR count). The first-order valence-corrected chi connectivity index (χ1v) is 9.26. The van der Waals surface area contributed by atoms with E-state index in [0.29, 0.717) is 36.1 Å². The third-order valence-electron chi connectivity index (χ3n) is 4.57. The van der Waals surface area contributed by atoms with E-state index in [9.17, 15) is 4.79 Å². The second-order valence-corrected chi connectivity index (χ2v) is 6.24. The van der Waals surface area contributed by atoms with Crippen LogP contribution in [0.2, 0.25) is 0 Å². The molecule has 0 unspecified atom stereocenters. The van der Waals surface area contributed by atoms with Crippen LogP contribution in [0.25, 0.3) is 16.8 Å².